The van der Waals surface area contributed by atoms with Crippen LogP contribution in [-0.4, -0.2) is 11.1 Å². The zero-order chi connectivity index (χ0) is 9.84. The fourth-order valence-electron chi connectivity index (χ4n) is 2.31. The largest absolute Gasteiger partial charge is 0.481 e. The van der Waals surface area contributed by atoms with Crippen LogP contribution in [0.25, 0.3) is 0 Å². The molecule has 0 bridgehead atoms. The number of carboxylic acids is 1. The van der Waals surface area contributed by atoms with Gasteiger partial charge in [0.1, 0.15) is 0 Å². The molecule has 0 radical (unpaired) electrons. The molecule has 0 heterocycles. The molecule has 0 atom stereocenters. The molecule has 13 heavy (non-hydrogen) atoms. The first-order valence-corrected chi connectivity index (χ1v) is 5.32. The van der Waals surface area contributed by atoms with Gasteiger partial charge in [-0.25, -0.2) is 0 Å². The average molecular weight is 184 g/mol. The van der Waals surface area contributed by atoms with Gasteiger partial charge in [0, 0.05) is 0 Å². The Morgan fingerprint density at radius 1 is 1.31 bits per heavy atom. The number of hydrogen-bond acceptors (Lipinski definition) is 1. The van der Waals surface area contributed by atoms with Crippen LogP contribution in [0, 0.1) is 17.8 Å². The van der Waals surface area contributed by atoms with E-state index in [1.165, 1.54) is 6.42 Å². The SMILES string of the molecule is CC(C)CC1CCC(C(=O)O)CC1. The van der Waals surface area contributed by atoms with Gasteiger partial charge in [0.15, 0.2) is 0 Å². The third-order valence-corrected chi connectivity index (χ3v) is 3.00. The minimum Gasteiger partial charge on any atom is -0.481 e. The van der Waals surface area contributed by atoms with Crippen molar-refractivity contribution in [2.24, 2.45) is 17.8 Å². The lowest BCUT2D eigenvalue weighted by molar-refractivity contribution is -0.143. The van der Waals surface area contributed by atoms with E-state index in [1.54, 1.807) is 0 Å². The number of aliphatic carboxylic acids is 1. The molecule has 1 aliphatic carbocycles. The molecule has 0 aromatic heterocycles. The van der Waals surface area contributed by atoms with Gasteiger partial charge in [-0.3, -0.25) is 4.79 Å². The first kappa shape index (κ1) is 10.6. The van der Waals surface area contributed by atoms with Crippen molar-refractivity contribution in [3.63, 3.8) is 0 Å². The second-order valence-corrected chi connectivity index (χ2v) is 4.69. The predicted octanol–water partition coefficient (Wildman–Crippen LogP) is 2.92. The third-order valence-electron chi connectivity index (χ3n) is 3.00. The lowest BCUT2D eigenvalue weighted by Crippen LogP contribution is -2.22. The molecule has 1 rings (SSSR count). The summed E-state index contributed by atoms with van der Waals surface area (Å²) in [6.45, 7) is 4.48. The van der Waals surface area contributed by atoms with Crippen molar-refractivity contribution in [3.05, 3.63) is 0 Å². The third kappa shape index (κ3) is 3.37. The van der Waals surface area contributed by atoms with Crippen molar-refractivity contribution in [1.29, 1.82) is 0 Å². The number of carbonyl (C=O) groups is 1. The molecule has 0 spiro atoms. The molecule has 0 unspecified atom stereocenters. The molecule has 0 amide bonds. The summed E-state index contributed by atoms with van der Waals surface area (Å²) in [6, 6.07) is 0. The van der Waals surface area contributed by atoms with Crippen molar-refractivity contribution in [2.75, 3.05) is 0 Å². The highest BCUT2D eigenvalue weighted by molar-refractivity contribution is 5.69. The quantitative estimate of drug-likeness (QED) is 0.732. The number of rotatable bonds is 3. The molecule has 0 saturated heterocycles. The molecular weight excluding hydrogens is 164 g/mol. The zero-order valence-corrected chi connectivity index (χ0v) is 8.62. The fraction of sp³-hybridized carbons (Fsp3) is 0.909. The van der Waals surface area contributed by atoms with Crippen molar-refractivity contribution in [3.8, 4) is 0 Å². The smallest absolute Gasteiger partial charge is 0.306 e. The second kappa shape index (κ2) is 4.64. The van der Waals surface area contributed by atoms with Crippen molar-refractivity contribution in [2.45, 2.75) is 46.0 Å². The average Bonchev–Trinajstić information content (AvgIpc) is 2.04. The van der Waals surface area contributed by atoms with E-state index in [-0.39, 0.29) is 5.92 Å². The summed E-state index contributed by atoms with van der Waals surface area (Å²) in [4.78, 5) is 10.7. The Hall–Kier alpha value is -0.530. The minimum absolute atomic E-state index is 0.0524. The maximum absolute atomic E-state index is 10.7. The van der Waals surface area contributed by atoms with Crippen LogP contribution in [0.3, 0.4) is 0 Å². The Morgan fingerprint density at radius 3 is 2.23 bits per heavy atom. The molecule has 2 heteroatoms. The second-order valence-electron chi connectivity index (χ2n) is 4.69. The lowest BCUT2D eigenvalue weighted by atomic mass is 9.78. The molecular formula is C11H20O2. The normalized spacial score (nSPS) is 29.2. The Bertz CT molecular complexity index is 167. The van der Waals surface area contributed by atoms with Gasteiger partial charge in [0.05, 0.1) is 5.92 Å². The fourth-order valence-corrected chi connectivity index (χ4v) is 2.31. The van der Waals surface area contributed by atoms with E-state index in [4.69, 9.17) is 5.11 Å². The highest BCUT2D eigenvalue weighted by Crippen LogP contribution is 2.32. The molecule has 1 aliphatic rings. The van der Waals surface area contributed by atoms with E-state index < -0.39 is 5.97 Å². The highest BCUT2D eigenvalue weighted by atomic mass is 16.4. The Balaban J connectivity index is 2.26. The molecule has 0 aromatic carbocycles. The summed E-state index contributed by atoms with van der Waals surface area (Å²) in [7, 11) is 0. The van der Waals surface area contributed by atoms with Gasteiger partial charge in [-0.2, -0.15) is 0 Å². The summed E-state index contributed by atoms with van der Waals surface area (Å²) < 4.78 is 0. The number of carboxylic acid groups (broad SMARTS) is 1. The van der Waals surface area contributed by atoms with E-state index in [0.29, 0.717) is 0 Å². The monoisotopic (exact) mass is 184 g/mol. The van der Waals surface area contributed by atoms with Gasteiger partial charge in [0.25, 0.3) is 0 Å². The summed E-state index contributed by atoms with van der Waals surface area (Å²) in [5, 5.41) is 8.81. The van der Waals surface area contributed by atoms with Crippen LogP contribution in [0.15, 0.2) is 0 Å². The first-order chi connectivity index (χ1) is 6.09. The topological polar surface area (TPSA) is 37.3 Å². The maximum Gasteiger partial charge on any atom is 0.306 e. The van der Waals surface area contributed by atoms with Crippen LogP contribution >= 0.6 is 0 Å². The summed E-state index contributed by atoms with van der Waals surface area (Å²) in [5.74, 6) is 0.897. The van der Waals surface area contributed by atoms with Crippen molar-refractivity contribution in [1.82, 2.24) is 0 Å². The summed E-state index contributed by atoms with van der Waals surface area (Å²) >= 11 is 0. The molecule has 1 saturated carbocycles. The Labute approximate surface area is 80.3 Å². The van der Waals surface area contributed by atoms with E-state index in [9.17, 15) is 4.79 Å². The minimum atomic E-state index is -0.594. The summed E-state index contributed by atoms with van der Waals surface area (Å²) in [6.07, 6.45) is 5.30. The first-order valence-electron chi connectivity index (χ1n) is 5.32. The van der Waals surface area contributed by atoms with Gasteiger partial charge in [-0.15, -0.1) is 0 Å². The Morgan fingerprint density at radius 2 is 1.85 bits per heavy atom. The zero-order valence-electron chi connectivity index (χ0n) is 8.62. The lowest BCUT2D eigenvalue weighted by Gasteiger charge is -2.27. The molecule has 1 N–H and O–H groups in total. The molecule has 76 valence electrons. The van der Waals surface area contributed by atoms with E-state index in [2.05, 4.69) is 13.8 Å². The Kier molecular flexibility index (Phi) is 3.76. The maximum atomic E-state index is 10.7. The number of hydrogen-bond donors (Lipinski definition) is 1. The van der Waals surface area contributed by atoms with Crippen LogP contribution in [0.2, 0.25) is 0 Å². The van der Waals surface area contributed by atoms with Crippen LogP contribution in [0.4, 0.5) is 0 Å². The van der Waals surface area contributed by atoms with E-state index in [1.807, 2.05) is 0 Å². The molecule has 2 nitrogen and oxygen atoms in total. The standard InChI is InChI=1S/C11H20O2/c1-8(2)7-9-3-5-10(6-4-9)11(12)13/h8-10H,3-7H2,1-2H3,(H,12,13). The molecule has 1 fully saturated rings. The van der Waals surface area contributed by atoms with Gasteiger partial charge in [0.2, 0.25) is 0 Å². The van der Waals surface area contributed by atoms with Crippen LogP contribution in [-0.2, 0) is 4.79 Å². The van der Waals surface area contributed by atoms with Crippen LogP contribution in [0.1, 0.15) is 46.0 Å². The van der Waals surface area contributed by atoms with E-state index in [0.717, 1.165) is 37.5 Å². The predicted molar refractivity (Wildman–Crippen MR) is 52.5 cm³/mol. The van der Waals surface area contributed by atoms with Gasteiger partial charge in [-0.05, 0) is 43.9 Å². The van der Waals surface area contributed by atoms with Crippen molar-refractivity contribution < 1.29 is 9.90 Å². The summed E-state index contributed by atoms with van der Waals surface area (Å²) in [5.41, 5.74) is 0. The van der Waals surface area contributed by atoms with Crippen LogP contribution < -0.4 is 0 Å². The van der Waals surface area contributed by atoms with Gasteiger partial charge < -0.3 is 5.11 Å². The van der Waals surface area contributed by atoms with E-state index >= 15 is 0 Å². The van der Waals surface area contributed by atoms with Crippen molar-refractivity contribution >= 4 is 5.97 Å². The van der Waals surface area contributed by atoms with Crippen LogP contribution in [0.5, 0.6) is 0 Å². The molecule has 0 aliphatic heterocycles. The highest BCUT2D eigenvalue weighted by Gasteiger charge is 2.25. The van der Waals surface area contributed by atoms with Gasteiger partial charge in [-0.1, -0.05) is 13.8 Å². The molecule has 0 aromatic rings. The van der Waals surface area contributed by atoms with Gasteiger partial charge >= 0.3 is 5.97 Å².